The quantitative estimate of drug-likeness (QED) is 0.780. The first kappa shape index (κ1) is 13.1. The molecule has 1 aliphatic heterocycles. The fourth-order valence-corrected chi connectivity index (χ4v) is 3.76. The van der Waals surface area contributed by atoms with E-state index < -0.39 is 0 Å². The predicted molar refractivity (Wildman–Crippen MR) is 76.8 cm³/mol. The van der Waals surface area contributed by atoms with Crippen molar-refractivity contribution in [2.75, 3.05) is 6.54 Å². The van der Waals surface area contributed by atoms with Crippen LogP contribution < -0.4 is 10.6 Å². The van der Waals surface area contributed by atoms with Gasteiger partial charge in [0.05, 0.1) is 6.20 Å². The van der Waals surface area contributed by atoms with Crippen LogP contribution in [0.4, 0.5) is 0 Å². The second-order valence-corrected chi connectivity index (χ2v) is 6.10. The highest BCUT2D eigenvalue weighted by Crippen LogP contribution is 2.30. The second kappa shape index (κ2) is 6.53. The molecular formula is C15H26N4. The van der Waals surface area contributed by atoms with Gasteiger partial charge in [0.2, 0.25) is 0 Å². The normalized spacial score (nSPS) is 32.3. The van der Waals surface area contributed by atoms with Gasteiger partial charge in [-0.05, 0) is 38.1 Å². The number of aromatic amines is 1. The van der Waals surface area contributed by atoms with Crippen LogP contribution >= 0.6 is 0 Å². The monoisotopic (exact) mass is 262 g/mol. The van der Waals surface area contributed by atoms with E-state index in [4.69, 9.17) is 0 Å². The Kier molecular flexibility index (Phi) is 4.51. The Balaban J connectivity index is 1.56. The molecule has 3 atom stereocenters. The van der Waals surface area contributed by atoms with E-state index in [1.165, 1.54) is 57.1 Å². The molecule has 0 bridgehead atoms. The predicted octanol–water partition coefficient (Wildman–Crippen LogP) is 2.20. The van der Waals surface area contributed by atoms with E-state index in [0.29, 0.717) is 6.04 Å². The third kappa shape index (κ3) is 3.37. The lowest BCUT2D eigenvalue weighted by atomic mass is 9.77. The van der Waals surface area contributed by atoms with Gasteiger partial charge in [0, 0.05) is 30.4 Å². The molecule has 19 heavy (non-hydrogen) atoms. The van der Waals surface area contributed by atoms with Gasteiger partial charge in [-0.3, -0.25) is 5.10 Å². The van der Waals surface area contributed by atoms with Gasteiger partial charge in [0.25, 0.3) is 0 Å². The van der Waals surface area contributed by atoms with E-state index in [1.54, 1.807) is 0 Å². The summed E-state index contributed by atoms with van der Waals surface area (Å²) in [5.41, 5.74) is 1.26. The highest BCUT2D eigenvalue weighted by atomic mass is 15.1. The summed E-state index contributed by atoms with van der Waals surface area (Å²) in [7, 11) is 0. The molecule has 1 saturated carbocycles. The van der Waals surface area contributed by atoms with Crippen LogP contribution in [0.25, 0.3) is 0 Å². The molecule has 1 saturated heterocycles. The van der Waals surface area contributed by atoms with Crippen molar-refractivity contribution in [1.29, 1.82) is 0 Å². The Morgan fingerprint density at radius 1 is 1.16 bits per heavy atom. The molecule has 0 spiro atoms. The molecule has 3 unspecified atom stereocenters. The first-order valence-corrected chi connectivity index (χ1v) is 7.88. The molecule has 2 fully saturated rings. The van der Waals surface area contributed by atoms with Crippen molar-refractivity contribution in [1.82, 2.24) is 20.8 Å². The zero-order valence-electron chi connectivity index (χ0n) is 11.7. The second-order valence-electron chi connectivity index (χ2n) is 6.10. The topological polar surface area (TPSA) is 52.7 Å². The van der Waals surface area contributed by atoms with Crippen LogP contribution in [0.15, 0.2) is 12.4 Å². The van der Waals surface area contributed by atoms with Crippen molar-refractivity contribution < 1.29 is 0 Å². The van der Waals surface area contributed by atoms with Gasteiger partial charge < -0.3 is 10.6 Å². The number of piperidine rings is 1. The van der Waals surface area contributed by atoms with Crippen LogP contribution in [0.5, 0.6) is 0 Å². The Morgan fingerprint density at radius 2 is 2.05 bits per heavy atom. The van der Waals surface area contributed by atoms with Gasteiger partial charge in [0.1, 0.15) is 0 Å². The highest BCUT2D eigenvalue weighted by molar-refractivity contribution is 5.02. The van der Waals surface area contributed by atoms with Crippen LogP contribution in [0.1, 0.15) is 50.5 Å². The lowest BCUT2D eigenvalue weighted by Gasteiger charge is -2.40. The van der Waals surface area contributed by atoms with E-state index in [1.807, 2.05) is 12.4 Å². The molecule has 0 amide bonds. The third-order valence-corrected chi connectivity index (χ3v) is 4.81. The molecule has 1 aromatic heterocycles. The summed E-state index contributed by atoms with van der Waals surface area (Å²) in [4.78, 5) is 0. The van der Waals surface area contributed by atoms with E-state index in [0.717, 1.165) is 18.5 Å². The van der Waals surface area contributed by atoms with E-state index in [9.17, 15) is 0 Å². The maximum absolute atomic E-state index is 4.02. The largest absolute Gasteiger partial charge is 0.314 e. The number of nitrogens with zero attached hydrogens (tertiary/aromatic N) is 1. The molecule has 1 aliphatic carbocycles. The lowest BCUT2D eigenvalue weighted by Crippen LogP contribution is -2.50. The van der Waals surface area contributed by atoms with Crippen LogP contribution in [0, 0.1) is 5.92 Å². The van der Waals surface area contributed by atoms with Crippen molar-refractivity contribution in [2.45, 2.75) is 63.6 Å². The Morgan fingerprint density at radius 3 is 2.84 bits per heavy atom. The van der Waals surface area contributed by atoms with Crippen LogP contribution in [-0.2, 0) is 6.54 Å². The third-order valence-electron chi connectivity index (χ3n) is 4.81. The maximum atomic E-state index is 4.02. The van der Waals surface area contributed by atoms with Crippen molar-refractivity contribution in [2.24, 2.45) is 5.92 Å². The molecule has 3 N–H and O–H groups in total. The number of rotatable bonds is 4. The zero-order valence-corrected chi connectivity index (χ0v) is 11.7. The zero-order chi connectivity index (χ0) is 12.9. The van der Waals surface area contributed by atoms with Gasteiger partial charge in [0.15, 0.2) is 0 Å². The van der Waals surface area contributed by atoms with E-state index >= 15 is 0 Å². The van der Waals surface area contributed by atoms with Gasteiger partial charge in [-0.2, -0.15) is 5.10 Å². The van der Waals surface area contributed by atoms with Gasteiger partial charge in [-0.1, -0.05) is 19.3 Å². The van der Waals surface area contributed by atoms with Gasteiger partial charge in [-0.25, -0.2) is 0 Å². The van der Waals surface area contributed by atoms with Gasteiger partial charge in [-0.15, -0.1) is 0 Å². The molecule has 0 aromatic carbocycles. The fraction of sp³-hybridized carbons (Fsp3) is 0.800. The highest BCUT2D eigenvalue weighted by Gasteiger charge is 2.32. The van der Waals surface area contributed by atoms with Gasteiger partial charge >= 0.3 is 0 Å². The molecule has 0 radical (unpaired) electrons. The van der Waals surface area contributed by atoms with Crippen molar-refractivity contribution in [3.8, 4) is 0 Å². The molecular weight excluding hydrogens is 236 g/mol. The van der Waals surface area contributed by atoms with Crippen LogP contribution in [0.2, 0.25) is 0 Å². The molecule has 3 rings (SSSR count). The Bertz CT molecular complexity index is 356. The van der Waals surface area contributed by atoms with Crippen molar-refractivity contribution in [3.05, 3.63) is 18.0 Å². The molecule has 1 aromatic rings. The standard InChI is InChI=1S/C15H26N4/c1-2-6-15(17-9-12-10-18-19-11-12)13(5-1)14-7-3-4-8-16-14/h10-11,13-17H,1-9H2,(H,18,19). The smallest absolute Gasteiger partial charge is 0.0532 e. The summed E-state index contributed by atoms with van der Waals surface area (Å²) in [6, 6.07) is 1.43. The SMILES string of the molecule is c1n[nH]cc1CNC1CCCCC1C1CCCCN1. The molecule has 106 valence electrons. The summed E-state index contributed by atoms with van der Waals surface area (Å²) in [5, 5.41) is 14.4. The number of hydrogen-bond donors (Lipinski definition) is 3. The summed E-state index contributed by atoms with van der Waals surface area (Å²) < 4.78 is 0. The first-order valence-electron chi connectivity index (χ1n) is 7.88. The van der Waals surface area contributed by atoms with Crippen LogP contribution in [-0.4, -0.2) is 28.8 Å². The minimum atomic E-state index is 0.680. The fourth-order valence-electron chi connectivity index (χ4n) is 3.76. The number of H-pyrrole nitrogens is 1. The minimum absolute atomic E-state index is 0.680. The number of nitrogens with one attached hydrogen (secondary N) is 3. The van der Waals surface area contributed by atoms with Crippen molar-refractivity contribution in [3.63, 3.8) is 0 Å². The average Bonchev–Trinajstić information content (AvgIpc) is 3.00. The van der Waals surface area contributed by atoms with E-state index in [2.05, 4.69) is 20.8 Å². The molecule has 4 nitrogen and oxygen atoms in total. The van der Waals surface area contributed by atoms with Crippen molar-refractivity contribution >= 4 is 0 Å². The summed E-state index contributed by atoms with van der Waals surface area (Å²) in [6.45, 7) is 2.17. The molecule has 2 aliphatic rings. The molecule has 2 heterocycles. The lowest BCUT2D eigenvalue weighted by molar-refractivity contribution is 0.181. The Labute approximate surface area is 115 Å². The van der Waals surface area contributed by atoms with E-state index in [-0.39, 0.29) is 0 Å². The Hall–Kier alpha value is -0.870. The summed E-state index contributed by atoms with van der Waals surface area (Å²) in [5.74, 6) is 0.820. The number of aromatic nitrogens is 2. The first-order chi connectivity index (χ1) is 9.43. The summed E-state index contributed by atoms with van der Waals surface area (Å²) in [6.07, 6.45) is 13.6. The van der Waals surface area contributed by atoms with Crippen LogP contribution in [0.3, 0.4) is 0 Å². The summed E-state index contributed by atoms with van der Waals surface area (Å²) >= 11 is 0. The number of hydrogen-bond acceptors (Lipinski definition) is 3. The maximum Gasteiger partial charge on any atom is 0.0532 e. The minimum Gasteiger partial charge on any atom is -0.314 e. The average molecular weight is 262 g/mol. The molecule has 4 heteroatoms.